The molecule has 3 aromatic heterocycles. The van der Waals surface area contributed by atoms with Crippen molar-refractivity contribution >= 4 is 23.3 Å². The number of halogens is 2. The Labute approximate surface area is 199 Å². The minimum absolute atomic E-state index is 0.0378. The van der Waals surface area contributed by atoms with Gasteiger partial charge in [0, 0.05) is 43.5 Å². The summed E-state index contributed by atoms with van der Waals surface area (Å²) in [6.45, 7) is 3.04. The van der Waals surface area contributed by atoms with Gasteiger partial charge in [-0.05, 0) is 41.8 Å². The number of nitrogens with zero attached hydrogens (tertiary/aromatic N) is 8. The van der Waals surface area contributed by atoms with E-state index >= 15 is 0 Å². The molecule has 1 unspecified atom stereocenters. The highest BCUT2D eigenvalue weighted by Gasteiger charge is 2.27. The molecule has 1 aliphatic heterocycles. The first-order valence-corrected chi connectivity index (χ1v) is 11.4. The number of tetrazole rings is 1. The van der Waals surface area contributed by atoms with Crippen LogP contribution in [0.2, 0.25) is 0 Å². The summed E-state index contributed by atoms with van der Waals surface area (Å²) in [6, 6.07) is 1.50. The predicted octanol–water partition coefficient (Wildman–Crippen LogP) is 3.29. The average Bonchev–Trinajstić information content (AvgIpc) is 3.52. The highest BCUT2D eigenvalue weighted by atomic mass is 35.5. The Hall–Kier alpha value is -3.60. The van der Waals surface area contributed by atoms with Crippen LogP contribution in [-0.2, 0) is 4.79 Å². The van der Waals surface area contributed by atoms with Crippen LogP contribution >= 0.6 is 11.6 Å². The zero-order valence-electron chi connectivity index (χ0n) is 18.5. The molecule has 0 spiro atoms. The zero-order valence-corrected chi connectivity index (χ0v) is 19.2. The lowest BCUT2D eigenvalue weighted by Gasteiger charge is -2.31. The van der Waals surface area contributed by atoms with Crippen LogP contribution in [0.15, 0.2) is 47.7 Å². The van der Waals surface area contributed by atoms with Crippen molar-refractivity contribution in [2.75, 3.05) is 18.8 Å². The minimum atomic E-state index is -0.566. The first-order valence-electron chi connectivity index (χ1n) is 11.0. The van der Waals surface area contributed by atoms with E-state index in [0.29, 0.717) is 17.8 Å². The van der Waals surface area contributed by atoms with Gasteiger partial charge < -0.3 is 10.6 Å². The van der Waals surface area contributed by atoms with Crippen molar-refractivity contribution in [3.8, 4) is 22.5 Å². The molecule has 1 saturated heterocycles. The van der Waals surface area contributed by atoms with Crippen LogP contribution in [0, 0.1) is 0 Å². The van der Waals surface area contributed by atoms with Gasteiger partial charge >= 0.3 is 0 Å². The van der Waals surface area contributed by atoms with Crippen molar-refractivity contribution in [1.29, 1.82) is 0 Å². The second-order valence-electron chi connectivity index (χ2n) is 8.40. The number of aromatic nitrogens is 7. The first-order chi connectivity index (χ1) is 16.4. The lowest BCUT2D eigenvalue weighted by molar-refractivity contribution is -0.130. The third kappa shape index (κ3) is 4.07. The van der Waals surface area contributed by atoms with Crippen molar-refractivity contribution in [3.05, 3.63) is 47.7 Å². The Balaban J connectivity index is 1.42. The van der Waals surface area contributed by atoms with Gasteiger partial charge in [-0.25, -0.2) is 14.1 Å². The van der Waals surface area contributed by atoms with E-state index in [9.17, 15) is 9.18 Å². The van der Waals surface area contributed by atoms with Crippen LogP contribution in [0.3, 0.4) is 0 Å². The number of carbonyl (C=O) groups is 1. The summed E-state index contributed by atoms with van der Waals surface area (Å²) in [5.74, 6) is 0.185. The van der Waals surface area contributed by atoms with Gasteiger partial charge in [-0.3, -0.25) is 9.48 Å². The molecule has 34 heavy (non-hydrogen) atoms. The number of nitrogens with two attached hydrogens (primary N) is 1. The molecule has 3 aromatic rings. The SMILES string of the molecule is CC(=O)N1CCC(n2cc(-c3cnc(N)c(-c4nnnn4C4CC=CC(F)=C4Cl)c3)cn2)CC1. The maximum Gasteiger partial charge on any atom is 0.219 e. The summed E-state index contributed by atoms with van der Waals surface area (Å²) in [7, 11) is 0. The van der Waals surface area contributed by atoms with Crippen molar-refractivity contribution in [1.82, 2.24) is 39.9 Å². The molecule has 2 aliphatic rings. The topological polar surface area (TPSA) is 121 Å². The van der Waals surface area contributed by atoms with Gasteiger partial charge in [-0.2, -0.15) is 5.10 Å². The van der Waals surface area contributed by atoms with Crippen LogP contribution in [0.5, 0.6) is 0 Å². The third-order valence-electron chi connectivity index (χ3n) is 6.31. The van der Waals surface area contributed by atoms with Gasteiger partial charge in [0.1, 0.15) is 11.6 Å². The van der Waals surface area contributed by atoms with E-state index in [1.165, 1.54) is 10.8 Å². The number of carbonyl (C=O) groups excluding carboxylic acids is 1. The summed E-state index contributed by atoms with van der Waals surface area (Å²) in [5, 5.41) is 16.5. The summed E-state index contributed by atoms with van der Waals surface area (Å²) >= 11 is 6.21. The molecule has 12 heteroatoms. The van der Waals surface area contributed by atoms with Gasteiger partial charge in [0.05, 0.1) is 28.9 Å². The Morgan fingerprint density at radius 3 is 2.79 bits per heavy atom. The fourth-order valence-electron chi connectivity index (χ4n) is 4.38. The smallest absolute Gasteiger partial charge is 0.219 e. The summed E-state index contributed by atoms with van der Waals surface area (Å²) in [4.78, 5) is 17.8. The minimum Gasteiger partial charge on any atom is -0.383 e. The van der Waals surface area contributed by atoms with Crippen molar-refractivity contribution in [2.45, 2.75) is 38.3 Å². The van der Waals surface area contributed by atoms with Gasteiger partial charge in [0.15, 0.2) is 5.82 Å². The largest absolute Gasteiger partial charge is 0.383 e. The molecule has 1 amide bonds. The number of anilines is 1. The van der Waals surface area contributed by atoms with Crippen LogP contribution in [-0.4, -0.2) is 58.9 Å². The molecular formula is C22H23ClFN9O. The van der Waals surface area contributed by atoms with Gasteiger partial charge in [0.25, 0.3) is 0 Å². The first kappa shape index (κ1) is 22.2. The van der Waals surface area contributed by atoms with Gasteiger partial charge in [-0.1, -0.05) is 17.7 Å². The van der Waals surface area contributed by atoms with Crippen molar-refractivity contribution < 1.29 is 9.18 Å². The van der Waals surface area contributed by atoms with Crippen LogP contribution in [0.4, 0.5) is 10.2 Å². The number of likely N-dealkylation sites (tertiary alicyclic amines) is 1. The number of pyridine rings is 1. The number of amides is 1. The van der Waals surface area contributed by atoms with E-state index in [1.807, 2.05) is 21.8 Å². The Kier molecular flexibility index (Phi) is 5.86. The highest BCUT2D eigenvalue weighted by molar-refractivity contribution is 6.30. The highest BCUT2D eigenvalue weighted by Crippen LogP contribution is 2.36. The standard InChI is InChI=1S/C22H23ClFN9O/c1-13(34)31-7-5-16(6-8-31)32-12-15(11-27-32)14-9-17(21(25)26-10-14)22-28-29-30-33(22)19-4-2-3-18(24)20(19)23/h2-3,9-12,16,19H,4-8H2,1H3,(H2,25,26). The summed E-state index contributed by atoms with van der Waals surface area (Å²) in [5.41, 5.74) is 8.35. The summed E-state index contributed by atoms with van der Waals surface area (Å²) in [6.07, 6.45) is 10.6. The maximum absolute atomic E-state index is 14.0. The van der Waals surface area contributed by atoms with E-state index in [4.69, 9.17) is 17.3 Å². The summed E-state index contributed by atoms with van der Waals surface area (Å²) < 4.78 is 17.5. The molecule has 5 rings (SSSR count). The fraction of sp³-hybridized carbons (Fsp3) is 0.364. The van der Waals surface area contributed by atoms with E-state index in [-0.39, 0.29) is 22.8 Å². The Morgan fingerprint density at radius 2 is 2.03 bits per heavy atom. The maximum atomic E-state index is 14.0. The fourth-order valence-corrected chi connectivity index (χ4v) is 4.62. The van der Waals surface area contributed by atoms with E-state index in [1.54, 1.807) is 25.4 Å². The predicted molar refractivity (Wildman–Crippen MR) is 124 cm³/mol. The molecule has 176 valence electrons. The third-order valence-corrected chi connectivity index (χ3v) is 6.74. The van der Waals surface area contributed by atoms with Gasteiger partial charge in [0.2, 0.25) is 5.91 Å². The number of nitrogen functional groups attached to an aromatic ring is 1. The molecule has 4 heterocycles. The number of allylic oxidation sites excluding steroid dienone is 4. The van der Waals surface area contributed by atoms with Crippen LogP contribution < -0.4 is 5.73 Å². The Morgan fingerprint density at radius 1 is 1.24 bits per heavy atom. The molecule has 0 saturated carbocycles. The molecule has 1 fully saturated rings. The zero-order chi connectivity index (χ0) is 23.8. The van der Waals surface area contributed by atoms with E-state index in [2.05, 4.69) is 25.6 Å². The molecule has 1 atom stereocenters. The quantitative estimate of drug-likeness (QED) is 0.604. The molecular weight excluding hydrogens is 461 g/mol. The van der Waals surface area contributed by atoms with E-state index < -0.39 is 11.9 Å². The second kappa shape index (κ2) is 8.98. The van der Waals surface area contributed by atoms with Crippen LogP contribution in [0.25, 0.3) is 22.5 Å². The normalized spacial score (nSPS) is 19.1. The monoisotopic (exact) mass is 483 g/mol. The lowest BCUT2D eigenvalue weighted by atomic mass is 10.0. The van der Waals surface area contributed by atoms with Crippen molar-refractivity contribution in [3.63, 3.8) is 0 Å². The number of piperidine rings is 1. The number of rotatable bonds is 4. The second-order valence-corrected chi connectivity index (χ2v) is 8.81. The molecule has 0 bridgehead atoms. The molecule has 0 aromatic carbocycles. The average molecular weight is 484 g/mol. The van der Waals surface area contributed by atoms with Crippen molar-refractivity contribution in [2.24, 2.45) is 0 Å². The molecule has 10 nitrogen and oxygen atoms in total. The van der Waals surface area contributed by atoms with Crippen LogP contribution in [0.1, 0.15) is 38.3 Å². The van der Waals surface area contributed by atoms with Gasteiger partial charge in [-0.15, -0.1) is 5.10 Å². The molecule has 0 radical (unpaired) electrons. The lowest BCUT2D eigenvalue weighted by Crippen LogP contribution is -2.37. The Bertz CT molecular complexity index is 1290. The molecule has 1 aliphatic carbocycles. The van der Waals surface area contributed by atoms with E-state index in [0.717, 1.165) is 37.1 Å². The number of hydrogen-bond donors (Lipinski definition) is 1. The molecule has 2 N–H and O–H groups in total. The number of hydrogen-bond acceptors (Lipinski definition) is 7.